The van der Waals surface area contributed by atoms with Gasteiger partial charge in [-0.3, -0.25) is 4.90 Å². The van der Waals surface area contributed by atoms with Crippen LogP contribution in [0.5, 0.6) is 5.75 Å². The van der Waals surface area contributed by atoms with E-state index in [0.717, 1.165) is 30.5 Å². The average molecular weight is 499 g/mol. The second kappa shape index (κ2) is 9.43. The fraction of sp³-hybridized carbons (Fsp3) is 0.318. The van der Waals surface area contributed by atoms with Crippen LogP contribution in [0.1, 0.15) is 31.4 Å². The van der Waals surface area contributed by atoms with Crippen LogP contribution >= 0.6 is 22.9 Å². The lowest BCUT2D eigenvalue weighted by Crippen LogP contribution is -2.39. The van der Waals surface area contributed by atoms with Crippen molar-refractivity contribution in [1.82, 2.24) is 9.88 Å². The molecule has 2 aromatic carbocycles. The normalized spacial score (nSPS) is 16.8. The molecule has 0 amide bonds. The highest BCUT2D eigenvalue weighted by Crippen LogP contribution is 2.38. The van der Waals surface area contributed by atoms with Crippen LogP contribution < -0.4 is 4.74 Å². The van der Waals surface area contributed by atoms with Gasteiger partial charge in [0.1, 0.15) is 27.6 Å². The topological polar surface area (TPSA) is 59.5 Å². The Bertz CT molecular complexity index is 1180. The van der Waals surface area contributed by atoms with E-state index in [1.807, 2.05) is 18.2 Å². The molecule has 0 spiro atoms. The van der Waals surface area contributed by atoms with Gasteiger partial charge in [0.15, 0.2) is 5.82 Å². The van der Waals surface area contributed by atoms with E-state index in [0.29, 0.717) is 12.8 Å². The minimum Gasteiger partial charge on any atom is -0.489 e. The highest BCUT2D eigenvalue weighted by Gasteiger charge is 2.33. The molecule has 0 aliphatic carbocycles. The molecule has 10 heteroatoms. The van der Waals surface area contributed by atoms with Crippen LogP contribution in [0.25, 0.3) is 0 Å². The molecular weight excluding hydrogens is 478 g/mol. The van der Waals surface area contributed by atoms with Crippen molar-refractivity contribution in [3.05, 3.63) is 70.2 Å². The Morgan fingerprint density at radius 2 is 1.91 bits per heavy atom. The third-order valence-corrected chi connectivity index (χ3v) is 8.93. The number of likely N-dealkylation sites (tertiary alicyclic amines) is 1. The Morgan fingerprint density at radius 1 is 1.22 bits per heavy atom. The first-order valence-electron chi connectivity index (χ1n) is 10.1. The molecular formula is C22H21ClF2N2O3S2. The summed E-state index contributed by atoms with van der Waals surface area (Å²) in [5.74, 6) is -2.83. The van der Waals surface area contributed by atoms with E-state index in [-0.39, 0.29) is 17.9 Å². The predicted octanol–water partition coefficient (Wildman–Crippen LogP) is 5.51. The number of halogens is 3. The van der Waals surface area contributed by atoms with Crippen LogP contribution in [0, 0.1) is 11.6 Å². The van der Waals surface area contributed by atoms with Gasteiger partial charge in [-0.15, -0.1) is 11.3 Å². The van der Waals surface area contributed by atoms with Crippen molar-refractivity contribution in [2.45, 2.75) is 41.1 Å². The molecule has 1 atom stereocenters. The zero-order valence-electron chi connectivity index (χ0n) is 17.2. The number of nitrogens with zero attached hydrogens (tertiary/aromatic N) is 2. The summed E-state index contributed by atoms with van der Waals surface area (Å²) < 4.78 is 60.1. The minimum absolute atomic E-state index is 0.200. The van der Waals surface area contributed by atoms with Gasteiger partial charge in [0, 0.05) is 36.8 Å². The predicted molar refractivity (Wildman–Crippen MR) is 119 cm³/mol. The van der Waals surface area contributed by atoms with Gasteiger partial charge in [0.25, 0.3) is 0 Å². The first-order chi connectivity index (χ1) is 15.3. The highest BCUT2D eigenvalue weighted by molar-refractivity contribution is 7.93. The number of rotatable bonds is 6. The van der Waals surface area contributed by atoms with Gasteiger partial charge in [0.05, 0.1) is 0 Å². The summed E-state index contributed by atoms with van der Waals surface area (Å²) in [6, 6.07) is 11.2. The van der Waals surface area contributed by atoms with E-state index in [1.165, 1.54) is 17.1 Å². The fourth-order valence-electron chi connectivity index (χ4n) is 3.82. The first kappa shape index (κ1) is 23.1. The first-order valence-corrected chi connectivity index (χ1v) is 12.8. The number of benzene rings is 2. The minimum atomic E-state index is -4.46. The quantitative estimate of drug-likeness (QED) is 0.419. The average Bonchev–Trinajstić information content (AvgIpc) is 3.34. The third-order valence-electron chi connectivity index (χ3n) is 5.59. The molecule has 1 aliphatic rings. The fourth-order valence-corrected chi connectivity index (χ4v) is 6.38. The molecule has 0 radical (unpaired) electrons. The van der Waals surface area contributed by atoms with Crippen molar-refractivity contribution < 1.29 is 21.9 Å². The molecule has 0 N–H and O–H groups in total. The largest absolute Gasteiger partial charge is 0.489 e. The Kier molecular flexibility index (Phi) is 6.80. The summed E-state index contributed by atoms with van der Waals surface area (Å²) in [4.78, 5) is 4.86. The lowest BCUT2D eigenvalue weighted by Gasteiger charge is -2.36. The van der Waals surface area contributed by atoms with Gasteiger partial charge in [-0.1, -0.05) is 41.9 Å². The SMILES string of the molecule is C[C@H](c1ccccc1)N1CCC(Oc2cc(F)c(S(=O)(=O)c3nccs3)c(F)c2Cl)CC1. The monoisotopic (exact) mass is 498 g/mol. The molecule has 2 heterocycles. The lowest BCUT2D eigenvalue weighted by atomic mass is 10.0. The number of ether oxygens (including phenoxy) is 1. The van der Waals surface area contributed by atoms with Gasteiger partial charge < -0.3 is 4.74 Å². The second-order valence-electron chi connectivity index (χ2n) is 7.55. The van der Waals surface area contributed by atoms with Gasteiger partial charge in [0.2, 0.25) is 14.2 Å². The van der Waals surface area contributed by atoms with Gasteiger partial charge >= 0.3 is 0 Å². The van der Waals surface area contributed by atoms with Crippen LogP contribution in [0.4, 0.5) is 8.78 Å². The van der Waals surface area contributed by atoms with Crippen LogP contribution in [-0.2, 0) is 9.84 Å². The molecule has 5 nitrogen and oxygen atoms in total. The number of sulfone groups is 1. The zero-order valence-corrected chi connectivity index (χ0v) is 19.6. The highest BCUT2D eigenvalue weighted by atomic mass is 35.5. The molecule has 0 bridgehead atoms. The summed E-state index contributed by atoms with van der Waals surface area (Å²) in [6.45, 7) is 3.64. The molecule has 1 fully saturated rings. The molecule has 1 aromatic heterocycles. The molecule has 1 saturated heterocycles. The molecule has 4 rings (SSSR count). The van der Waals surface area contributed by atoms with Crippen molar-refractivity contribution in [3.8, 4) is 5.75 Å². The van der Waals surface area contributed by atoms with Crippen LogP contribution in [-0.4, -0.2) is 37.5 Å². The van der Waals surface area contributed by atoms with Crippen molar-refractivity contribution >= 4 is 32.8 Å². The summed E-state index contributed by atoms with van der Waals surface area (Å²) in [5.41, 5.74) is 1.22. The Balaban J connectivity index is 1.48. The standard InChI is InChI=1S/C22H21ClF2N2O3S2/c1-14(15-5-3-2-4-6-15)27-10-7-16(8-11-27)30-18-13-17(24)21(20(25)19(18)23)32(28,29)22-26-9-12-31-22/h2-6,9,12-14,16H,7-8,10-11H2,1H3/t14-/m1/s1. The van der Waals surface area contributed by atoms with E-state index in [1.54, 1.807) is 0 Å². The van der Waals surface area contributed by atoms with Gasteiger partial charge in [-0.2, -0.15) is 0 Å². The number of piperidine rings is 1. The Labute approximate surface area is 194 Å². The second-order valence-corrected chi connectivity index (χ2v) is 10.9. The van der Waals surface area contributed by atoms with E-state index in [9.17, 15) is 17.2 Å². The summed E-state index contributed by atoms with van der Waals surface area (Å²) in [6.07, 6.45) is 2.26. The maximum Gasteiger partial charge on any atom is 0.239 e. The summed E-state index contributed by atoms with van der Waals surface area (Å²) in [5, 5.41) is 0.855. The number of hydrogen-bond acceptors (Lipinski definition) is 6. The molecule has 0 saturated carbocycles. The van der Waals surface area contributed by atoms with Gasteiger partial charge in [-0.05, 0) is 25.3 Å². The van der Waals surface area contributed by atoms with Gasteiger partial charge in [-0.25, -0.2) is 22.2 Å². The third kappa shape index (κ3) is 4.52. The molecule has 32 heavy (non-hydrogen) atoms. The number of hydrogen-bond donors (Lipinski definition) is 0. The maximum atomic E-state index is 14.9. The van der Waals surface area contributed by atoms with Crippen molar-refractivity contribution in [1.29, 1.82) is 0 Å². The van der Waals surface area contributed by atoms with E-state index >= 15 is 0 Å². The lowest BCUT2D eigenvalue weighted by molar-refractivity contribution is 0.0793. The molecule has 3 aromatic rings. The summed E-state index contributed by atoms with van der Waals surface area (Å²) >= 11 is 6.83. The number of aromatic nitrogens is 1. The Hall–Kier alpha value is -2.07. The van der Waals surface area contributed by atoms with Crippen molar-refractivity contribution in [3.63, 3.8) is 0 Å². The maximum absolute atomic E-state index is 14.9. The van der Waals surface area contributed by atoms with E-state index in [4.69, 9.17) is 16.3 Å². The number of thiazole rings is 1. The van der Waals surface area contributed by atoms with E-state index in [2.05, 4.69) is 28.9 Å². The van der Waals surface area contributed by atoms with Crippen LogP contribution in [0.2, 0.25) is 5.02 Å². The van der Waals surface area contributed by atoms with Crippen molar-refractivity contribution in [2.24, 2.45) is 0 Å². The van der Waals surface area contributed by atoms with Crippen LogP contribution in [0.15, 0.2) is 57.2 Å². The summed E-state index contributed by atoms with van der Waals surface area (Å²) in [7, 11) is -4.46. The van der Waals surface area contributed by atoms with E-state index < -0.39 is 35.7 Å². The zero-order chi connectivity index (χ0) is 22.9. The molecule has 0 unspecified atom stereocenters. The van der Waals surface area contributed by atoms with Crippen LogP contribution in [0.3, 0.4) is 0 Å². The smallest absolute Gasteiger partial charge is 0.239 e. The molecule has 170 valence electrons. The molecule has 1 aliphatic heterocycles. The van der Waals surface area contributed by atoms with Crippen molar-refractivity contribution in [2.75, 3.05) is 13.1 Å². The Morgan fingerprint density at radius 3 is 2.53 bits per heavy atom.